The Morgan fingerprint density at radius 2 is 2.15 bits per heavy atom. The Labute approximate surface area is 120 Å². The first-order valence-corrected chi connectivity index (χ1v) is 5.97. The van der Waals surface area contributed by atoms with Crippen LogP contribution in [-0.4, -0.2) is 16.1 Å². The number of hydrogen-bond acceptors (Lipinski definition) is 4. The number of benzene rings is 1. The summed E-state index contributed by atoms with van der Waals surface area (Å²) in [5.74, 6) is -0.700. The molecule has 0 amide bonds. The standard InChI is InChI=1S/C14H9ClN2O3/c1-8-2-3-10(7-16)13(17-8)20-12-5-4-9(14(18)19)6-11(12)15/h2-6H,1H3,(H,18,19). The number of pyridine rings is 1. The molecule has 0 bridgehead atoms. The van der Waals surface area contributed by atoms with E-state index in [-0.39, 0.29) is 27.8 Å². The van der Waals surface area contributed by atoms with Gasteiger partial charge in [-0.3, -0.25) is 0 Å². The third-order valence-corrected chi connectivity index (χ3v) is 2.80. The maximum Gasteiger partial charge on any atom is 0.335 e. The van der Waals surface area contributed by atoms with Crippen LogP contribution >= 0.6 is 11.6 Å². The van der Waals surface area contributed by atoms with Gasteiger partial charge >= 0.3 is 5.97 Å². The molecule has 100 valence electrons. The summed E-state index contributed by atoms with van der Waals surface area (Å²) in [6.07, 6.45) is 0. The number of carboxylic acid groups (broad SMARTS) is 1. The second-order valence-corrected chi connectivity index (χ2v) is 4.38. The van der Waals surface area contributed by atoms with Gasteiger partial charge in [-0.2, -0.15) is 5.26 Å². The van der Waals surface area contributed by atoms with E-state index in [4.69, 9.17) is 26.7 Å². The van der Waals surface area contributed by atoms with E-state index in [1.54, 1.807) is 19.1 Å². The molecule has 0 aliphatic rings. The normalized spacial score (nSPS) is 9.85. The zero-order valence-electron chi connectivity index (χ0n) is 10.4. The van der Waals surface area contributed by atoms with Crippen LogP contribution < -0.4 is 4.74 Å². The van der Waals surface area contributed by atoms with E-state index >= 15 is 0 Å². The van der Waals surface area contributed by atoms with Gasteiger partial charge in [0.25, 0.3) is 0 Å². The third-order valence-electron chi connectivity index (χ3n) is 2.51. The van der Waals surface area contributed by atoms with Crippen molar-refractivity contribution in [3.05, 3.63) is 52.2 Å². The molecule has 1 N–H and O–H groups in total. The summed E-state index contributed by atoms with van der Waals surface area (Å²) in [5, 5.41) is 18.0. The highest BCUT2D eigenvalue weighted by Crippen LogP contribution is 2.30. The van der Waals surface area contributed by atoms with E-state index in [0.717, 1.165) is 0 Å². The average molecular weight is 289 g/mol. The molecule has 0 aliphatic heterocycles. The van der Waals surface area contributed by atoms with Crippen molar-refractivity contribution < 1.29 is 14.6 Å². The van der Waals surface area contributed by atoms with Gasteiger partial charge < -0.3 is 9.84 Å². The number of rotatable bonds is 3. The van der Waals surface area contributed by atoms with Crippen LogP contribution in [0.2, 0.25) is 5.02 Å². The Bertz CT molecular complexity index is 723. The second kappa shape index (κ2) is 5.59. The minimum Gasteiger partial charge on any atom is -0.478 e. The SMILES string of the molecule is Cc1ccc(C#N)c(Oc2ccc(C(=O)O)cc2Cl)n1. The van der Waals surface area contributed by atoms with E-state index in [1.165, 1.54) is 18.2 Å². The highest BCUT2D eigenvalue weighted by atomic mass is 35.5. The van der Waals surface area contributed by atoms with E-state index in [2.05, 4.69) is 4.98 Å². The number of carboxylic acids is 1. The van der Waals surface area contributed by atoms with Crippen molar-refractivity contribution in [2.45, 2.75) is 6.92 Å². The predicted octanol–water partition coefficient (Wildman–Crippen LogP) is 3.41. The lowest BCUT2D eigenvalue weighted by atomic mass is 10.2. The van der Waals surface area contributed by atoms with E-state index in [9.17, 15) is 4.79 Å². The Morgan fingerprint density at radius 1 is 1.40 bits per heavy atom. The Balaban J connectivity index is 2.38. The largest absolute Gasteiger partial charge is 0.478 e. The molecule has 0 fully saturated rings. The molecule has 0 unspecified atom stereocenters. The van der Waals surface area contributed by atoms with E-state index in [1.807, 2.05) is 6.07 Å². The molecular formula is C14H9ClN2O3. The number of halogens is 1. The molecule has 2 rings (SSSR count). The van der Waals surface area contributed by atoms with Crippen LogP contribution in [0.15, 0.2) is 30.3 Å². The molecule has 1 aromatic heterocycles. The monoisotopic (exact) mass is 288 g/mol. The van der Waals surface area contributed by atoms with Crippen LogP contribution in [0.25, 0.3) is 0 Å². The molecular weight excluding hydrogens is 280 g/mol. The van der Waals surface area contributed by atoms with Crippen LogP contribution in [0.4, 0.5) is 0 Å². The topological polar surface area (TPSA) is 83.2 Å². The molecule has 5 nitrogen and oxygen atoms in total. The van der Waals surface area contributed by atoms with Crippen LogP contribution in [0.5, 0.6) is 11.6 Å². The van der Waals surface area contributed by atoms with Crippen LogP contribution in [-0.2, 0) is 0 Å². The van der Waals surface area contributed by atoms with Gasteiger partial charge in [0.1, 0.15) is 17.4 Å². The number of nitriles is 1. The molecule has 0 saturated carbocycles. The zero-order valence-corrected chi connectivity index (χ0v) is 11.2. The minimum atomic E-state index is -1.08. The summed E-state index contributed by atoms with van der Waals surface area (Å²) in [6.45, 7) is 1.77. The molecule has 6 heteroatoms. The molecule has 0 radical (unpaired) electrons. The zero-order chi connectivity index (χ0) is 14.7. The lowest BCUT2D eigenvalue weighted by Gasteiger charge is -2.09. The van der Waals surface area contributed by atoms with Crippen molar-refractivity contribution in [2.24, 2.45) is 0 Å². The van der Waals surface area contributed by atoms with Gasteiger partial charge in [-0.1, -0.05) is 11.6 Å². The van der Waals surface area contributed by atoms with Crippen LogP contribution in [0.1, 0.15) is 21.6 Å². The summed E-state index contributed by atoms with van der Waals surface area (Å²) in [6, 6.07) is 9.33. The van der Waals surface area contributed by atoms with Gasteiger partial charge in [-0.25, -0.2) is 9.78 Å². The summed E-state index contributed by atoms with van der Waals surface area (Å²) in [4.78, 5) is 14.9. The molecule has 20 heavy (non-hydrogen) atoms. The summed E-state index contributed by atoms with van der Waals surface area (Å²) in [7, 11) is 0. The van der Waals surface area contributed by atoms with Crippen LogP contribution in [0, 0.1) is 18.3 Å². The van der Waals surface area contributed by atoms with Gasteiger partial charge in [-0.15, -0.1) is 0 Å². The quantitative estimate of drug-likeness (QED) is 0.935. The molecule has 0 atom stereocenters. The number of carbonyl (C=O) groups is 1. The fraction of sp³-hybridized carbons (Fsp3) is 0.0714. The van der Waals surface area contributed by atoms with Gasteiger partial charge in [0.05, 0.1) is 10.6 Å². The minimum absolute atomic E-state index is 0.0556. The Hall–Kier alpha value is -2.58. The molecule has 2 aromatic rings. The highest BCUT2D eigenvalue weighted by Gasteiger charge is 2.12. The lowest BCUT2D eigenvalue weighted by molar-refractivity contribution is 0.0697. The first-order valence-electron chi connectivity index (χ1n) is 5.59. The number of nitrogens with zero attached hydrogens (tertiary/aromatic N) is 2. The number of hydrogen-bond donors (Lipinski definition) is 1. The number of aryl methyl sites for hydroxylation is 1. The molecule has 0 aliphatic carbocycles. The van der Waals surface area contributed by atoms with Crippen molar-refractivity contribution in [2.75, 3.05) is 0 Å². The van der Waals surface area contributed by atoms with Crippen molar-refractivity contribution in [3.8, 4) is 17.7 Å². The smallest absolute Gasteiger partial charge is 0.335 e. The van der Waals surface area contributed by atoms with Crippen molar-refractivity contribution in [1.82, 2.24) is 4.98 Å². The summed E-state index contributed by atoms with van der Waals surface area (Å²) >= 11 is 5.96. The van der Waals surface area contributed by atoms with E-state index < -0.39 is 5.97 Å². The van der Waals surface area contributed by atoms with E-state index in [0.29, 0.717) is 5.69 Å². The first kappa shape index (κ1) is 13.8. The van der Waals surface area contributed by atoms with Gasteiger partial charge in [0, 0.05) is 5.69 Å². The number of aromatic nitrogens is 1. The highest BCUT2D eigenvalue weighted by molar-refractivity contribution is 6.32. The number of aromatic carboxylic acids is 1. The molecule has 1 aromatic carbocycles. The second-order valence-electron chi connectivity index (χ2n) is 3.97. The average Bonchev–Trinajstić information content (AvgIpc) is 2.41. The first-order chi connectivity index (χ1) is 9.51. The lowest BCUT2D eigenvalue weighted by Crippen LogP contribution is -1.98. The number of ether oxygens (including phenoxy) is 1. The molecule has 1 heterocycles. The van der Waals surface area contributed by atoms with Gasteiger partial charge in [-0.05, 0) is 37.3 Å². The predicted molar refractivity (Wildman–Crippen MR) is 72.2 cm³/mol. The maximum absolute atomic E-state index is 10.8. The fourth-order valence-corrected chi connectivity index (χ4v) is 1.74. The van der Waals surface area contributed by atoms with Crippen molar-refractivity contribution in [1.29, 1.82) is 5.26 Å². The summed E-state index contributed by atoms with van der Waals surface area (Å²) < 4.78 is 5.49. The van der Waals surface area contributed by atoms with Gasteiger partial charge in [0.15, 0.2) is 0 Å². The van der Waals surface area contributed by atoms with Crippen molar-refractivity contribution in [3.63, 3.8) is 0 Å². The maximum atomic E-state index is 10.8. The van der Waals surface area contributed by atoms with Gasteiger partial charge in [0.2, 0.25) is 5.88 Å². The van der Waals surface area contributed by atoms with Crippen molar-refractivity contribution >= 4 is 17.6 Å². The fourth-order valence-electron chi connectivity index (χ4n) is 1.52. The summed E-state index contributed by atoms with van der Waals surface area (Å²) in [5.41, 5.74) is 1.02. The third kappa shape index (κ3) is 2.87. The Morgan fingerprint density at radius 3 is 2.75 bits per heavy atom. The molecule has 0 saturated heterocycles. The van der Waals surface area contributed by atoms with Crippen LogP contribution in [0.3, 0.4) is 0 Å². The Kier molecular flexibility index (Phi) is 3.87. The molecule has 0 spiro atoms.